The average molecular weight is 412 g/mol. The predicted octanol–water partition coefficient (Wildman–Crippen LogP) is 3.87. The highest BCUT2D eigenvalue weighted by atomic mass is 32.2. The normalized spacial score (nSPS) is 10.9. The molecule has 0 atom stereocenters. The number of fused-ring (bicyclic) bond motifs is 1. The van der Waals surface area contributed by atoms with E-state index in [1.54, 1.807) is 0 Å². The number of hydrogen-bond donors (Lipinski definition) is 2. The van der Waals surface area contributed by atoms with Crippen LogP contribution >= 0.6 is 23.1 Å². The number of H-pyrrole nitrogens is 1. The van der Waals surface area contributed by atoms with Gasteiger partial charge >= 0.3 is 0 Å². The Hall–Kier alpha value is -3.31. The highest BCUT2D eigenvalue weighted by molar-refractivity contribution is 8.00. The lowest BCUT2D eigenvalue weighted by Gasteiger charge is -1.98. The summed E-state index contributed by atoms with van der Waals surface area (Å²) in [5.74, 6) is 0.236. The number of carbonyl (C=O) groups is 1. The molecule has 28 heavy (non-hydrogen) atoms. The molecule has 9 nitrogen and oxygen atoms in total. The summed E-state index contributed by atoms with van der Waals surface area (Å²) in [6.07, 6.45) is 0. The molecule has 0 aliphatic heterocycles. The molecular formula is C17H12N6O3S2. The molecule has 4 aromatic rings. The van der Waals surface area contributed by atoms with E-state index in [1.807, 2.05) is 30.3 Å². The summed E-state index contributed by atoms with van der Waals surface area (Å²) in [7, 11) is 0. The van der Waals surface area contributed by atoms with Crippen molar-refractivity contribution in [1.29, 1.82) is 0 Å². The van der Waals surface area contributed by atoms with Crippen LogP contribution in [0.5, 0.6) is 0 Å². The molecule has 140 valence electrons. The van der Waals surface area contributed by atoms with Crippen LogP contribution in [-0.2, 0) is 5.75 Å². The smallest absolute Gasteiger partial charge is 0.278 e. The first-order chi connectivity index (χ1) is 13.6. The van der Waals surface area contributed by atoms with Crippen LogP contribution in [0.25, 0.3) is 10.9 Å². The first-order valence-electron chi connectivity index (χ1n) is 8.04. The summed E-state index contributed by atoms with van der Waals surface area (Å²) in [6, 6.07) is 14.1. The molecule has 0 aliphatic rings. The van der Waals surface area contributed by atoms with Gasteiger partial charge in [0.05, 0.1) is 10.4 Å². The second-order valence-electron chi connectivity index (χ2n) is 5.66. The topological polar surface area (TPSA) is 127 Å². The predicted molar refractivity (Wildman–Crippen MR) is 107 cm³/mol. The number of nitrogens with zero attached hydrogens (tertiary/aromatic N) is 4. The van der Waals surface area contributed by atoms with E-state index >= 15 is 0 Å². The molecule has 2 N–H and O–H groups in total. The molecule has 2 aromatic heterocycles. The molecule has 11 heteroatoms. The first-order valence-corrected chi connectivity index (χ1v) is 9.84. The van der Waals surface area contributed by atoms with Crippen LogP contribution in [0.1, 0.15) is 16.1 Å². The Morgan fingerprint density at radius 2 is 2.04 bits per heavy atom. The third kappa shape index (κ3) is 3.85. The lowest BCUT2D eigenvalue weighted by atomic mass is 10.2. The number of rotatable bonds is 6. The zero-order valence-electron chi connectivity index (χ0n) is 14.2. The number of thioether (sulfide) groups is 1. The van der Waals surface area contributed by atoms with E-state index in [4.69, 9.17) is 0 Å². The van der Waals surface area contributed by atoms with Crippen molar-refractivity contribution in [2.24, 2.45) is 0 Å². The van der Waals surface area contributed by atoms with Crippen molar-refractivity contribution < 1.29 is 9.72 Å². The van der Waals surface area contributed by atoms with Crippen molar-refractivity contribution in [1.82, 2.24) is 20.4 Å². The molecule has 0 bridgehead atoms. The number of nitro benzene ring substituents is 1. The van der Waals surface area contributed by atoms with Crippen molar-refractivity contribution in [3.8, 4) is 0 Å². The molecule has 0 radical (unpaired) electrons. The van der Waals surface area contributed by atoms with E-state index in [0.717, 1.165) is 15.7 Å². The second kappa shape index (κ2) is 7.74. The Morgan fingerprint density at radius 3 is 2.82 bits per heavy atom. The lowest BCUT2D eigenvalue weighted by Crippen LogP contribution is -2.12. The number of anilines is 1. The van der Waals surface area contributed by atoms with E-state index in [2.05, 4.69) is 25.7 Å². The highest BCUT2D eigenvalue weighted by Gasteiger charge is 2.19. The molecule has 0 fully saturated rings. The maximum absolute atomic E-state index is 12.5. The van der Waals surface area contributed by atoms with Crippen LogP contribution < -0.4 is 5.32 Å². The van der Waals surface area contributed by atoms with Gasteiger partial charge in [-0.3, -0.25) is 25.3 Å². The van der Waals surface area contributed by atoms with Gasteiger partial charge in [-0.2, -0.15) is 5.10 Å². The van der Waals surface area contributed by atoms with Gasteiger partial charge in [0.15, 0.2) is 10.0 Å². The fraction of sp³-hybridized carbons (Fsp3) is 0.0588. The van der Waals surface area contributed by atoms with E-state index in [0.29, 0.717) is 16.0 Å². The van der Waals surface area contributed by atoms with Crippen molar-refractivity contribution in [3.05, 3.63) is 69.9 Å². The van der Waals surface area contributed by atoms with Gasteiger partial charge in [0.1, 0.15) is 0 Å². The van der Waals surface area contributed by atoms with E-state index in [9.17, 15) is 14.9 Å². The second-order valence-corrected chi connectivity index (χ2v) is 7.86. The van der Waals surface area contributed by atoms with Crippen LogP contribution in [0.15, 0.2) is 52.9 Å². The minimum absolute atomic E-state index is 0.0624. The third-order valence-corrected chi connectivity index (χ3v) is 5.85. The fourth-order valence-corrected chi connectivity index (χ4v) is 4.19. The minimum atomic E-state index is -0.519. The summed E-state index contributed by atoms with van der Waals surface area (Å²) in [5.41, 5.74) is 1.65. The van der Waals surface area contributed by atoms with Crippen molar-refractivity contribution in [3.63, 3.8) is 0 Å². The van der Waals surface area contributed by atoms with Gasteiger partial charge in [-0.1, -0.05) is 53.4 Å². The largest absolute Gasteiger partial charge is 0.295 e. The number of aromatic nitrogens is 4. The summed E-state index contributed by atoms with van der Waals surface area (Å²) in [6.45, 7) is 0. The maximum Gasteiger partial charge on any atom is 0.278 e. The van der Waals surface area contributed by atoms with Crippen LogP contribution in [-0.4, -0.2) is 31.2 Å². The highest BCUT2D eigenvalue weighted by Crippen LogP contribution is 2.29. The van der Waals surface area contributed by atoms with Gasteiger partial charge in [0, 0.05) is 23.3 Å². The number of hydrogen-bond acceptors (Lipinski definition) is 8. The Morgan fingerprint density at radius 1 is 1.21 bits per heavy atom. The van der Waals surface area contributed by atoms with Gasteiger partial charge in [-0.15, -0.1) is 10.2 Å². The number of nitro groups is 1. The van der Waals surface area contributed by atoms with E-state index in [1.165, 1.54) is 41.3 Å². The van der Waals surface area contributed by atoms with E-state index < -0.39 is 10.8 Å². The summed E-state index contributed by atoms with van der Waals surface area (Å²) < 4.78 is 0.724. The third-order valence-electron chi connectivity index (χ3n) is 3.80. The molecule has 4 rings (SSSR count). The van der Waals surface area contributed by atoms with Crippen molar-refractivity contribution in [2.45, 2.75) is 10.1 Å². The zero-order chi connectivity index (χ0) is 19.5. The van der Waals surface area contributed by atoms with Crippen LogP contribution in [0.2, 0.25) is 0 Å². The summed E-state index contributed by atoms with van der Waals surface area (Å²) in [4.78, 5) is 23.0. The lowest BCUT2D eigenvalue weighted by molar-refractivity contribution is -0.384. The monoisotopic (exact) mass is 412 g/mol. The standard InChI is InChI=1S/C17H12N6O3S2/c24-15(14-12-8-11(23(25)26)6-7-13(12)19-20-14)18-16-21-22-17(28-16)27-9-10-4-2-1-3-5-10/h1-8H,9H2,(H,19,20)(H,18,21,24). The molecular weight excluding hydrogens is 400 g/mol. The summed E-state index contributed by atoms with van der Waals surface area (Å²) in [5, 5.41) is 29.0. The first kappa shape index (κ1) is 18.1. The number of benzene rings is 2. The number of aromatic amines is 1. The van der Waals surface area contributed by atoms with Crippen LogP contribution in [0.4, 0.5) is 10.8 Å². The van der Waals surface area contributed by atoms with Gasteiger partial charge in [0.25, 0.3) is 11.6 Å². The Balaban J connectivity index is 1.47. The van der Waals surface area contributed by atoms with E-state index in [-0.39, 0.29) is 11.4 Å². The maximum atomic E-state index is 12.5. The van der Waals surface area contributed by atoms with Crippen LogP contribution in [0, 0.1) is 10.1 Å². The molecule has 0 aliphatic carbocycles. The SMILES string of the molecule is O=C(Nc1nnc(SCc2ccccc2)s1)c1n[nH]c2ccc([N+](=O)[O-])cc12. The zero-order valence-corrected chi connectivity index (χ0v) is 15.8. The Kier molecular flexibility index (Phi) is 5.00. The van der Waals surface area contributed by atoms with Gasteiger partial charge in [0.2, 0.25) is 5.13 Å². The molecule has 1 amide bonds. The Bertz CT molecular complexity index is 1160. The van der Waals surface area contributed by atoms with Crippen molar-refractivity contribution >= 4 is 50.7 Å². The molecule has 0 unspecified atom stereocenters. The van der Waals surface area contributed by atoms with Gasteiger partial charge < -0.3 is 0 Å². The number of nitrogens with one attached hydrogen (secondary N) is 2. The quantitative estimate of drug-likeness (QED) is 0.213. The fourth-order valence-electron chi connectivity index (χ4n) is 2.48. The molecule has 0 saturated carbocycles. The minimum Gasteiger partial charge on any atom is -0.295 e. The molecule has 2 aromatic carbocycles. The van der Waals surface area contributed by atoms with Crippen molar-refractivity contribution in [2.75, 3.05) is 5.32 Å². The summed E-state index contributed by atoms with van der Waals surface area (Å²) >= 11 is 2.78. The molecule has 0 spiro atoms. The molecule has 2 heterocycles. The number of non-ortho nitro benzene ring substituents is 1. The Labute approximate surface area is 166 Å². The van der Waals surface area contributed by atoms with Gasteiger partial charge in [-0.25, -0.2) is 0 Å². The number of amides is 1. The number of carbonyl (C=O) groups excluding carboxylic acids is 1. The molecule has 0 saturated heterocycles. The average Bonchev–Trinajstić information content (AvgIpc) is 3.33. The van der Waals surface area contributed by atoms with Crippen LogP contribution in [0.3, 0.4) is 0 Å². The van der Waals surface area contributed by atoms with Gasteiger partial charge in [-0.05, 0) is 11.6 Å².